The maximum absolute atomic E-state index is 12.4. The highest BCUT2D eigenvalue weighted by Gasteiger charge is 2.21. The van der Waals surface area contributed by atoms with Gasteiger partial charge in [0.05, 0.1) is 0 Å². The number of rotatable bonds is 6. The number of aryl methyl sites for hydroxylation is 1. The van der Waals surface area contributed by atoms with Gasteiger partial charge in [0, 0.05) is 50.5 Å². The molecule has 0 radical (unpaired) electrons. The Morgan fingerprint density at radius 1 is 1.27 bits per heavy atom. The lowest BCUT2D eigenvalue weighted by atomic mass is 10.0. The summed E-state index contributed by atoms with van der Waals surface area (Å²) in [4.78, 5) is 29.5. The molecule has 0 bridgehead atoms. The van der Waals surface area contributed by atoms with Crippen LogP contribution in [0.2, 0.25) is 0 Å². The van der Waals surface area contributed by atoms with Gasteiger partial charge in [-0.3, -0.25) is 14.5 Å². The van der Waals surface area contributed by atoms with Crippen molar-refractivity contribution in [2.24, 2.45) is 0 Å². The molecule has 0 unspecified atom stereocenters. The van der Waals surface area contributed by atoms with Crippen LogP contribution < -0.4 is 10.6 Å². The van der Waals surface area contributed by atoms with Crippen LogP contribution in [0.15, 0.2) is 0 Å². The predicted octanol–water partition coefficient (Wildman–Crippen LogP) is 0.723. The highest BCUT2D eigenvalue weighted by Crippen LogP contribution is 2.20. The Kier molecular flexibility index (Phi) is 5.74. The van der Waals surface area contributed by atoms with Gasteiger partial charge in [-0.05, 0) is 25.8 Å². The largest absolute Gasteiger partial charge is 0.354 e. The molecule has 2 rings (SSSR count). The Bertz CT molecular complexity index is 545. The molecule has 1 amide bonds. The quantitative estimate of drug-likeness (QED) is 0.677. The van der Waals surface area contributed by atoms with E-state index in [1.165, 1.54) is 0 Å². The lowest BCUT2D eigenvalue weighted by Crippen LogP contribution is -2.46. The van der Waals surface area contributed by atoms with Gasteiger partial charge in [0.2, 0.25) is 0 Å². The zero-order valence-corrected chi connectivity index (χ0v) is 13.7. The Hall–Kier alpha value is -1.66. The Morgan fingerprint density at radius 3 is 2.55 bits per heavy atom. The van der Waals surface area contributed by atoms with E-state index in [4.69, 9.17) is 0 Å². The molecule has 1 aliphatic heterocycles. The SMILES string of the molecule is CCc1c(C(=O)NCCN2CCNCC2)[nH]c(C)c1C(C)=O. The predicted molar refractivity (Wildman–Crippen MR) is 86.6 cm³/mol. The van der Waals surface area contributed by atoms with Crippen LogP contribution in [0, 0.1) is 6.92 Å². The van der Waals surface area contributed by atoms with Crippen molar-refractivity contribution in [1.82, 2.24) is 20.5 Å². The minimum Gasteiger partial charge on any atom is -0.354 e. The van der Waals surface area contributed by atoms with Crippen molar-refractivity contribution in [3.63, 3.8) is 0 Å². The number of ketones is 1. The van der Waals surface area contributed by atoms with Crippen LogP contribution >= 0.6 is 0 Å². The lowest BCUT2D eigenvalue weighted by Gasteiger charge is -2.27. The molecule has 3 N–H and O–H groups in total. The molecule has 1 fully saturated rings. The van der Waals surface area contributed by atoms with Gasteiger partial charge in [0.25, 0.3) is 5.91 Å². The average molecular weight is 306 g/mol. The second kappa shape index (κ2) is 7.56. The topological polar surface area (TPSA) is 77.2 Å². The van der Waals surface area contributed by atoms with Crippen molar-refractivity contribution in [3.8, 4) is 0 Å². The fourth-order valence-corrected chi connectivity index (χ4v) is 3.05. The maximum atomic E-state index is 12.4. The van der Waals surface area contributed by atoms with E-state index in [-0.39, 0.29) is 11.7 Å². The average Bonchev–Trinajstić information content (AvgIpc) is 2.85. The first-order chi connectivity index (χ1) is 10.5. The number of H-pyrrole nitrogens is 1. The summed E-state index contributed by atoms with van der Waals surface area (Å²) >= 11 is 0. The first-order valence-corrected chi connectivity index (χ1v) is 7.98. The molecule has 0 aliphatic carbocycles. The minimum absolute atomic E-state index is 0.00506. The van der Waals surface area contributed by atoms with Crippen molar-refractivity contribution < 1.29 is 9.59 Å². The number of carbonyl (C=O) groups excluding carboxylic acids is 2. The number of amides is 1. The summed E-state index contributed by atoms with van der Waals surface area (Å²) in [5.74, 6) is -0.118. The second-order valence-corrected chi connectivity index (χ2v) is 5.74. The molecule has 22 heavy (non-hydrogen) atoms. The molecular formula is C16H26N4O2. The fraction of sp³-hybridized carbons (Fsp3) is 0.625. The van der Waals surface area contributed by atoms with Crippen molar-refractivity contribution >= 4 is 11.7 Å². The third kappa shape index (κ3) is 3.75. The van der Waals surface area contributed by atoms with Crippen molar-refractivity contribution in [1.29, 1.82) is 0 Å². The highest BCUT2D eigenvalue weighted by atomic mass is 16.2. The molecule has 0 spiro atoms. The number of Topliss-reactive ketones (excluding diaryl/α,β-unsaturated/α-hetero) is 1. The summed E-state index contributed by atoms with van der Waals surface area (Å²) in [5, 5.41) is 6.27. The Labute approximate surface area is 131 Å². The molecule has 1 saturated heterocycles. The molecule has 0 atom stereocenters. The summed E-state index contributed by atoms with van der Waals surface area (Å²) in [5.41, 5.74) is 2.79. The number of nitrogens with zero attached hydrogens (tertiary/aromatic N) is 1. The smallest absolute Gasteiger partial charge is 0.268 e. The molecule has 1 aliphatic rings. The number of aromatic amines is 1. The normalized spacial score (nSPS) is 15.8. The summed E-state index contributed by atoms with van der Waals surface area (Å²) < 4.78 is 0. The number of aromatic nitrogens is 1. The van der Waals surface area contributed by atoms with Crippen LogP contribution in [0.3, 0.4) is 0 Å². The van der Waals surface area contributed by atoms with E-state index in [2.05, 4.69) is 20.5 Å². The van der Waals surface area contributed by atoms with Crippen LogP contribution in [0.1, 0.15) is 46.0 Å². The third-order valence-corrected chi connectivity index (χ3v) is 4.15. The van der Waals surface area contributed by atoms with Crippen molar-refractivity contribution in [2.75, 3.05) is 39.3 Å². The molecule has 122 valence electrons. The van der Waals surface area contributed by atoms with Crippen LogP contribution in [0.25, 0.3) is 0 Å². The van der Waals surface area contributed by atoms with E-state index in [0.717, 1.165) is 44.0 Å². The minimum atomic E-state index is -0.123. The molecule has 1 aromatic heterocycles. The Balaban J connectivity index is 1.97. The lowest BCUT2D eigenvalue weighted by molar-refractivity contribution is 0.0941. The second-order valence-electron chi connectivity index (χ2n) is 5.74. The van der Waals surface area contributed by atoms with E-state index < -0.39 is 0 Å². The van der Waals surface area contributed by atoms with Gasteiger partial charge in [-0.1, -0.05) is 6.92 Å². The van der Waals surface area contributed by atoms with Gasteiger partial charge in [-0.25, -0.2) is 0 Å². The van der Waals surface area contributed by atoms with E-state index in [1.807, 2.05) is 13.8 Å². The van der Waals surface area contributed by atoms with Crippen LogP contribution in [-0.2, 0) is 6.42 Å². The van der Waals surface area contributed by atoms with Gasteiger partial charge in [-0.15, -0.1) is 0 Å². The van der Waals surface area contributed by atoms with Gasteiger partial charge in [0.1, 0.15) is 5.69 Å². The van der Waals surface area contributed by atoms with Crippen LogP contribution in [-0.4, -0.2) is 60.8 Å². The van der Waals surface area contributed by atoms with Gasteiger partial charge in [0.15, 0.2) is 5.78 Å². The molecule has 0 aromatic carbocycles. The first kappa shape index (κ1) is 16.7. The zero-order valence-electron chi connectivity index (χ0n) is 13.7. The summed E-state index contributed by atoms with van der Waals surface area (Å²) in [6.45, 7) is 10.9. The molecule has 6 heteroatoms. The fourth-order valence-electron chi connectivity index (χ4n) is 3.05. The number of piperazine rings is 1. The highest BCUT2D eigenvalue weighted by molar-refractivity contribution is 6.02. The van der Waals surface area contributed by atoms with Crippen LogP contribution in [0.5, 0.6) is 0 Å². The molecule has 0 saturated carbocycles. The summed E-state index contributed by atoms with van der Waals surface area (Å²) in [6.07, 6.45) is 0.666. The Morgan fingerprint density at radius 2 is 1.95 bits per heavy atom. The van der Waals surface area contributed by atoms with Crippen LogP contribution in [0.4, 0.5) is 0 Å². The number of carbonyl (C=O) groups is 2. The van der Waals surface area contributed by atoms with E-state index in [0.29, 0.717) is 24.2 Å². The standard InChI is InChI=1S/C16H26N4O2/c1-4-13-14(12(3)21)11(2)19-15(13)16(22)18-7-10-20-8-5-17-6-9-20/h17,19H,4-10H2,1-3H3,(H,18,22). The number of hydrogen-bond acceptors (Lipinski definition) is 4. The third-order valence-electron chi connectivity index (χ3n) is 4.15. The van der Waals surface area contributed by atoms with Gasteiger partial charge < -0.3 is 15.6 Å². The monoisotopic (exact) mass is 306 g/mol. The number of hydrogen-bond donors (Lipinski definition) is 3. The summed E-state index contributed by atoms with van der Waals surface area (Å²) in [7, 11) is 0. The summed E-state index contributed by atoms with van der Waals surface area (Å²) in [6, 6.07) is 0. The maximum Gasteiger partial charge on any atom is 0.268 e. The van der Waals surface area contributed by atoms with Gasteiger partial charge >= 0.3 is 0 Å². The molecule has 1 aromatic rings. The zero-order chi connectivity index (χ0) is 16.1. The molecule has 6 nitrogen and oxygen atoms in total. The van der Waals surface area contributed by atoms with E-state index in [9.17, 15) is 9.59 Å². The molecule has 2 heterocycles. The van der Waals surface area contributed by atoms with E-state index >= 15 is 0 Å². The van der Waals surface area contributed by atoms with Crippen molar-refractivity contribution in [3.05, 3.63) is 22.5 Å². The van der Waals surface area contributed by atoms with Gasteiger partial charge in [-0.2, -0.15) is 0 Å². The molecular weight excluding hydrogens is 280 g/mol. The van der Waals surface area contributed by atoms with E-state index in [1.54, 1.807) is 6.92 Å². The van der Waals surface area contributed by atoms with Crippen molar-refractivity contribution in [2.45, 2.75) is 27.2 Å². The first-order valence-electron chi connectivity index (χ1n) is 7.98. The number of nitrogens with one attached hydrogen (secondary N) is 3.